The number of nitrogens with one attached hydrogen (secondary N) is 2. The van der Waals surface area contributed by atoms with Gasteiger partial charge in [0.25, 0.3) is 5.91 Å². The van der Waals surface area contributed by atoms with E-state index >= 15 is 0 Å². The lowest BCUT2D eigenvalue weighted by atomic mass is 10.1. The van der Waals surface area contributed by atoms with Gasteiger partial charge in [-0.15, -0.1) is 0 Å². The second-order valence-electron chi connectivity index (χ2n) is 8.10. The first kappa shape index (κ1) is 25.6. The number of aliphatic imine (C=N–C) groups is 1. The molecule has 3 rings (SSSR count). The number of hydrogen-bond acceptors (Lipinski definition) is 8. The summed E-state index contributed by atoms with van der Waals surface area (Å²) in [6.07, 6.45) is 1.48. The Morgan fingerprint density at radius 1 is 1.11 bits per heavy atom. The topological polar surface area (TPSA) is 154 Å². The highest BCUT2D eigenvalue weighted by atomic mass is 32.2. The number of sulfonamides is 1. The van der Waals surface area contributed by atoms with Gasteiger partial charge in [0.2, 0.25) is 21.8 Å². The van der Waals surface area contributed by atoms with Gasteiger partial charge in [-0.05, 0) is 12.0 Å². The van der Waals surface area contributed by atoms with E-state index in [1.165, 1.54) is 37.8 Å². The van der Waals surface area contributed by atoms with Crippen LogP contribution in [0.5, 0.6) is 11.8 Å². The van der Waals surface area contributed by atoms with E-state index in [0.717, 1.165) is 16.4 Å². The minimum Gasteiger partial charge on any atom is -0.493 e. The van der Waals surface area contributed by atoms with Crippen LogP contribution in [0.3, 0.4) is 0 Å². The van der Waals surface area contributed by atoms with Gasteiger partial charge < -0.3 is 20.4 Å². The average Bonchev–Trinajstić information content (AvgIpc) is 3.20. The zero-order valence-electron chi connectivity index (χ0n) is 20.4. The summed E-state index contributed by atoms with van der Waals surface area (Å²) in [7, 11) is 2.18. The van der Waals surface area contributed by atoms with Crippen molar-refractivity contribution >= 4 is 44.5 Å². The van der Waals surface area contributed by atoms with Gasteiger partial charge in [-0.2, -0.15) is 5.10 Å². The Labute approximate surface area is 203 Å². The van der Waals surface area contributed by atoms with Crippen LogP contribution in [0, 0.1) is 0 Å². The van der Waals surface area contributed by atoms with Gasteiger partial charge in [0.1, 0.15) is 11.4 Å². The van der Waals surface area contributed by atoms with Crippen molar-refractivity contribution in [2.45, 2.75) is 13.3 Å². The Kier molecular flexibility index (Phi) is 7.10. The number of amides is 1. The third-order valence-corrected chi connectivity index (χ3v) is 5.76. The molecule has 2 aromatic heterocycles. The van der Waals surface area contributed by atoms with Crippen LogP contribution in [0.1, 0.15) is 29.4 Å². The fourth-order valence-corrected chi connectivity index (χ4v) is 3.97. The number of aromatic nitrogens is 3. The number of anilines is 3. The molecule has 1 amide bonds. The maximum atomic E-state index is 12.7. The van der Waals surface area contributed by atoms with E-state index in [2.05, 4.69) is 20.1 Å². The minimum atomic E-state index is -3.80. The van der Waals surface area contributed by atoms with Gasteiger partial charge >= 0.3 is 0 Å². The predicted octanol–water partition coefficient (Wildman–Crippen LogP) is 2.52. The van der Waals surface area contributed by atoms with E-state index in [-0.39, 0.29) is 40.3 Å². The molecular formula is C22H29N7O5S. The maximum absolute atomic E-state index is 12.7. The molecule has 0 aliphatic rings. The number of hydrogen-bond donors (Lipinski definition) is 4. The molecule has 0 aliphatic heterocycles. The Morgan fingerprint density at radius 3 is 2.29 bits per heavy atom. The van der Waals surface area contributed by atoms with Crippen molar-refractivity contribution in [1.82, 2.24) is 19.2 Å². The summed E-state index contributed by atoms with van der Waals surface area (Å²) in [4.78, 5) is 18.5. The lowest BCUT2D eigenvalue weighted by molar-refractivity contribution is 0.0822. The number of carbonyl (C=O) groups is 1. The van der Waals surface area contributed by atoms with Crippen molar-refractivity contribution in [2.24, 2.45) is 19.1 Å². The van der Waals surface area contributed by atoms with Crippen LogP contribution < -0.4 is 10.0 Å². The summed E-state index contributed by atoms with van der Waals surface area (Å²) in [5.41, 5.74) is 1.28. The number of benzene rings is 1. The first-order valence-corrected chi connectivity index (χ1v) is 12.5. The number of rotatable bonds is 8. The molecule has 0 unspecified atom stereocenters. The molecule has 0 spiro atoms. The summed E-state index contributed by atoms with van der Waals surface area (Å²) in [6, 6.07) is 9.36. The number of carbonyl (C=O) groups excluding carboxylic acids is 1. The molecule has 12 nitrogen and oxygen atoms in total. The molecule has 0 aliphatic carbocycles. The van der Waals surface area contributed by atoms with Crippen LogP contribution >= 0.6 is 0 Å². The quantitative estimate of drug-likeness (QED) is 0.344. The van der Waals surface area contributed by atoms with Crippen LogP contribution in [0.15, 0.2) is 35.3 Å². The van der Waals surface area contributed by atoms with E-state index in [1.54, 1.807) is 0 Å². The van der Waals surface area contributed by atoms with Crippen molar-refractivity contribution in [3.05, 3.63) is 41.6 Å². The molecule has 4 N–H and O–H groups in total. The van der Waals surface area contributed by atoms with Gasteiger partial charge in [-0.25, -0.2) is 18.1 Å². The van der Waals surface area contributed by atoms with E-state index in [9.17, 15) is 23.4 Å². The van der Waals surface area contributed by atoms with Crippen molar-refractivity contribution in [1.29, 1.82) is 0 Å². The first-order chi connectivity index (χ1) is 16.4. The van der Waals surface area contributed by atoms with Crippen LogP contribution in [0.4, 0.5) is 22.9 Å². The Bertz CT molecular complexity index is 1390. The smallest absolute Gasteiger partial charge is 0.276 e. The Hall–Kier alpha value is -4.00. The van der Waals surface area contributed by atoms with Gasteiger partial charge in [0, 0.05) is 33.9 Å². The lowest BCUT2D eigenvalue weighted by Crippen LogP contribution is -2.24. The predicted molar refractivity (Wildman–Crippen MR) is 135 cm³/mol. The van der Waals surface area contributed by atoms with Crippen LogP contribution in [0.2, 0.25) is 0 Å². The highest BCUT2D eigenvalue weighted by Crippen LogP contribution is 2.47. The summed E-state index contributed by atoms with van der Waals surface area (Å²) >= 11 is 0. The van der Waals surface area contributed by atoms with Gasteiger partial charge in [-0.3, -0.25) is 14.1 Å². The zero-order valence-corrected chi connectivity index (χ0v) is 21.2. The molecule has 0 saturated carbocycles. The third-order valence-electron chi connectivity index (χ3n) is 5.18. The number of aromatic hydroxyl groups is 2. The Balaban J connectivity index is 2.21. The number of nitrogens with zero attached hydrogens (tertiary/aromatic N) is 5. The summed E-state index contributed by atoms with van der Waals surface area (Å²) in [6.45, 7) is 1.91. The minimum absolute atomic E-state index is 0.00952. The molecule has 0 atom stereocenters. The Morgan fingerprint density at radius 2 is 1.74 bits per heavy atom. The normalized spacial score (nSPS) is 12.0. The molecule has 0 radical (unpaired) electrons. The fraction of sp³-hybridized carbons (Fsp3) is 0.318. The molecule has 0 saturated heterocycles. The molecule has 0 bridgehead atoms. The molecule has 13 heteroatoms. The standard InChI is InChI=1S/C22H29N7O5S/c1-7-14(13-11-9-8-10-12-13)23-16-17(22(32)28(4)21(16)31)24-19-15(26-35(6,33)34)18(25-29(19)5)20(30)27(2)3/h8-12,24,26,31-32H,7H2,1-6H3. The molecule has 0 fully saturated rings. The first-order valence-electron chi connectivity index (χ1n) is 10.6. The zero-order chi connectivity index (χ0) is 26.1. The van der Waals surface area contributed by atoms with Crippen molar-refractivity contribution < 1.29 is 23.4 Å². The molecule has 35 heavy (non-hydrogen) atoms. The van der Waals surface area contributed by atoms with Crippen molar-refractivity contribution in [2.75, 3.05) is 30.4 Å². The van der Waals surface area contributed by atoms with Crippen LogP contribution in [-0.4, -0.2) is 69.8 Å². The van der Waals surface area contributed by atoms with Gasteiger partial charge in [0.05, 0.1) is 6.26 Å². The molecule has 2 heterocycles. The van der Waals surface area contributed by atoms with Crippen molar-refractivity contribution in [3.63, 3.8) is 0 Å². The third kappa shape index (κ3) is 5.24. The summed E-state index contributed by atoms with van der Waals surface area (Å²) in [5.74, 6) is -1.13. The van der Waals surface area contributed by atoms with E-state index in [4.69, 9.17) is 0 Å². The van der Waals surface area contributed by atoms with E-state index in [1.807, 2.05) is 37.3 Å². The maximum Gasteiger partial charge on any atom is 0.276 e. The largest absolute Gasteiger partial charge is 0.493 e. The molecular weight excluding hydrogens is 474 g/mol. The van der Waals surface area contributed by atoms with Crippen LogP contribution in [-0.2, 0) is 24.1 Å². The second kappa shape index (κ2) is 9.70. The monoisotopic (exact) mass is 503 g/mol. The average molecular weight is 504 g/mol. The summed E-state index contributed by atoms with van der Waals surface area (Å²) in [5, 5.41) is 28.6. The molecule has 3 aromatic rings. The summed E-state index contributed by atoms with van der Waals surface area (Å²) < 4.78 is 28.9. The van der Waals surface area contributed by atoms with E-state index in [0.29, 0.717) is 12.1 Å². The SMILES string of the molecule is CCC(=Nc1c(Nc2c(NS(C)(=O)=O)c(C(=O)N(C)C)nn2C)c(O)n(C)c1O)c1ccccc1. The van der Waals surface area contributed by atoms with E-state index < -0.39 is 15.9 Å². The van der Waals surface area contributed by atoms with Gasteiger partial charge in [-0.1, -0.05) is 37.3 Å². The highest BCUT2D eigenvalue weighted by molar-refractivity contribution is 7.92. The lowest BCUT2D eigenvalue weighted by Gasteiger charge is -2.13. The number of aryl methyl sites for hydroxylation is 1. The van der Waals surface area contributed by atoms with Crippen LogP contribution in [0.25, 0.3) is 0 Å². The second-order valence-corrected chi connectivity index (χ2v) is 9.85. The van der Waals surface area contributed by atoms with Crippen molar-refractivity contribution in [3.8, 4) is 11.8 Å². The molecule has 188 valence electrons. The molecule has 1 aromatic carbocycles. The fourth-order valence-electron chi connectivity index (χ4n) is 3.41. The highest BCUT2D eigenvalue weighted by Gasteiger charge is 2.29. The van der Waals surface area contributed by atoms with Gasteiger partial charge in [0.15, 0.2) is 17.2 Å².